The third kappa shape index (κ3) is 4.56. The predicted octanol–water partition coefficient (Wildman–Crippen LogP) is 3.27. The van der Waals surface area contributed by atoms with Gasteiger partial charge in [0.05, 0.1) is 11.9 Å². The number of fused-ring (bicyclic) bond motifs is 1. The van der Waals surface area contributed by atoms with Crippen molar-refractivity contribution in [3.8, 4) is 5.75 Å². The van der Waals surface area contributed by atoms with Gasteiger partial charge in [-0.25, -0.2) is 8.42 Å². The Labute approximate surface area is 164 Å². The molecule has 0 aromatic heterocycles. The number of nitrogens with zero attached hydrogens (tertiary/aromatic N) is 1. The van der Waals surface area contributed by atoms with Crippen LogP contribution in [0.4, 0.5) is 11.4 Å². The lowest BCUT2D eigenvalue weighted by molar-refractivity contribution is -0.122. The minimum absolute atomic E-state index is 0.179. The first kappa shape index (κ1) is 19.6. The van der Waals surface area contributed by atoms with Gasteiger partial charge in [-0.3, -0.25) is 9.10 Å². The highest BCUT2D eigenvalue weighted by Crippen LogP contribution is 2.35. The molecule has 0 bridgehead atoms. The first-order valence-corrected chi connectivity index (χ1v) is 11.5. The summed E-state index contributed by atoms with van der Waals surface area (Å²) in [6.07, 6.45) is 2.60. The molecular weight excluding hydrogens is 384 g/mol. The van der Waals surface area contributed by atoms with Crippen LogP contribution in [0.3, 0.4) is 0 Å². The van der Waals surface area contributed by atoms with Gasteiger partial charge in [0.1, 0.15) is 5.75 Å². The van der Waals surface area contributed by atoms with E-state index in [0.29, 0.717) is 17.1 Å². The van der Waals surface area contributed by atoms with Gasteiger partial charge in [-0.2, -0.15) is 0 Å². The Morgan fingerprint density at radius 2 is 2.04 bits per heavy atom. The molecule has 0 saturated carbocycles. The van der Waals surface area contributed by atoms with Crippen molar-refractivity contribution in [2.75, 3.05) is 28.7 Å². The first-order valence-electron chi connectivity index (χ1n) is 8.48. The molecule has 1 aliphatic heterocycles. The van der Waals surface area contributed by atoms with Crippen molar-refractivity contribution in [2.45, 2.75) is 24.3 Å². The molecule has 1 atom stereocenters. The van der Waals surface area contributed by atoms with Gasteiger partial charge in [-0.05, 0) is 49.1 Å². The third-order valence-electron chi connectivity index (χ3n) is 4.28. The summed E-state index contributed by atoms with van der Waals surface area (Å²) in [4.78, 5) is 13.8. The number of amides is 1. The molecule has 6 nitrogen and oxygen atoms in total. The molecule has 8 heteroatoms. The van der Waals surface area contributed by atoms with Gasteiger partial charge in [0.2, 0.25) is 10.0 Å². The van der Waals surface area contributed by atoms with E-state index in [-0.39, 0.29) is 18.9 Å². The van der Waals surface area contributed by atoms with E-state index in [0.717, 1.165) is 16.7 Å². The number of ether oxygens (including phenoxy) is 1. The topological polar surface area (TPSA) is 75.7 Å². The monoisotopic (exact) mass is 406 g/mol. The molecule has 0 radical (unpaired) electrons. The number of aryl methyl sites for hydroxylation is 1. The molecule has 3 rings (SSSR count). The summed E-state index contributed by atoms with van der Waals surface area (Å²) in [5.41, 5.74) is 2.07. The van der Waals surface area contributed by atoms with Crippen LogP contribution < -0.4 is 14.4 Å². The van der Waals surface area contributed by atoms with Crippen LogP contribution in [0.15, 0.2) is 47.4 Å². The van der Waals surface area contributed by atoms with Crippen LogP contribution in [0.5, 0.6) is 5.75 Å². The molecule has 27 heavy (non-hydrogen) atoms. The average Bonchev–Trinajstić information content (AvgIpc) is 2.81. The molecular formula is C19H22N2O4S2. The molecule has 1 aliphatic rings. The third-order valence-corrected chi connectivity index (χ3v) is 6.18. The summed E-state index contributed by atoms with van der Waals surface area (Å²) in [6, 6.07) is 12.8. The molecule has 0 aliphatic carbocycles. The molecule has 1 heterocycles. The maximum Gasteiger partial charge on any atom is 0.265 e. The summed E-state index contributed by atoms with van der Waals surface area (Å²) in [6.45, 7) is 2.06. The lowest BCUT2D eigenvalue weighted by Gasteiger charge is -2.21. The van der Waals surface area contributed by atoms with Crippen molar-refractivity contribution in [1.82, 2.24) is 0 Å². The summed E-state index contributed by atoms with van der Waals surface area (Å²) in [5, 5.41) is 2.86. The number of carbonyl (C=O) groups is 1. The fraction of sp³-hybridized carbons (Fsp3) is 0.316. The quantitative estimate of drug-likeness (QED) is 0.789. The van der Waals surface area contributed by atoms with Gasteiger partial charge in [0.25, 0.3) is 5.91 Å². The number of sulfonamides is 1. The maximum atomic E-state index is 12.7. The average molecular weight is 407 g/mol. The Kier molecular flexibility index (Phi) is 5.67. The summed E-state index contributed by atoms with van der Waals surface area (Å²) in [5.74, 6) is 0.0941. The zero-order valence-electron chi connectivity index (χ0n) is 15.4. The molecule has 0 spiro atoms. The van der Waals surface area contributed by atoms with Crippen molar-refractivity contribution in [1.29, 1.82) is 0 Å². The summed E-state index contributed by atoms with van der Waals surface area (Å²) >= 11 is 1.59. The number of hydrogen-bond donors (Lipinski definition) is 1. The second-order valence-electron chi connectivity index (χ2n) is 6.42. The summed E-state index contributed by atoms with van der Waals surface area (Å²) in [7, 11) is -3.48. The number of rotatable bonds is 4. The van der Waals surface area contributed by atoms with Crippen molar-refractivity contribution >= 4 is 39.1 Å². The van der Waals surface area contributed by atoms with Crippen LogP contribution in [0.2, 0.25) is 0 Å². The minimum atomic E-state index is -3.48. The van der Waals surface area contributed by atoms with Crippen LogP contribution in [0, 0.1) is 6.92 Å². The molecule has 2 aromatic carbocycles. The lowest BCUT2D eigenvalue weighted by Crippen LogP contribution is -2.35. The van der Waals surface area contributed by atoms with E-state index in [1.54, 1.807) is 23.9 Å². The van der Waals surface area contributed by atoms with E-state index in [2.05, 4.69) is 5.32 Å². The molecule has 1 amide bonds. The van der Waals surface area contributed by atoms with Gasteiger partial charge in [0.15, 0.2) is 6.10 Å². The standard InChI is InChI=1S/C19H22N2O4S2/c1-13-7-8-17-16(11-13)21(27(3,23)24)10-9-18(25-17)19(22)20-14-5-4-6-15(12-14)26-2/h4-8,11-12,18H,9-10H2,1-3H3,(H,20,22). The maximum absolute atomic E-state index is 12.7. The SMILES string of the molecule is CSc1cccc(NC(=O)C2CCN(S(C)(=O)=O)c3cc(C)ccc3O2)c1. The molecule has 144 valence electrons. The van der Waals surface area contributed by atoms with Gasteiger partial charge < -0.3 is 10.1 Å². The van der Waals surface area contributed by atoms with E-state index in [1.165, 1.54) is 4.31 Å². The Hall–Kier alpha value is -2.19. The molecule has 1 N–H and O–H groups in total. The largest absolute Gasteiger partial charge is 0.478 e. The molecule has 0 saturated heterocycles. The Morgan fingerprint density at radius 3 is 2.74 bits per heavy atom. The Bertz CT molecular complexity index is 960. The summed E-state index contributed by atoms with van der Waals surface area (Å²) < 4.78 is 31.6. The smallest absolute Gasteiger partial charge is 0.265 e. The van der Waals surface area contributed by atoms with E-state index in [4.69, 9.17) is 4.74 Å². The number of thioether (sulfide) groups is 1. The van der Waals surface area contributed by atoms with E-state index < -0.39 is 16.1 Å². The van der Waals surface area contributed by atoms with Gasteiger partial charge in [-0.1, -0.05) is 12.1 Å². The zero-order valence-corrected chi connectivity index (χ0v) is 17.1. The van der Waals surface area contributed by atoms with Crippen molar-refractivity contribution in [3.05, 3.63) is 48.0 Å². The van der Waals surface area contributed by atoms with Crippen LogP contribution in [0.25, 0.3) is 0 Å². The van der Waals surface area contributed by atoms with Crippen LogP contribution >= 0.6 is 11.8 Å². The highest BCUT2D eigenvalue weighted by atomic mass is 32.2. The molecule has 1 unspecified atom stereocenters. The van der Waals surface area contributed by atoms with Gasteiger partial charge in [-0.15, -0.1) is 11.8 Å². The van der Waals surface area contributed by atoms with Crippen LogP contribution in [0.1, 0.15) is 12.0 Å². The van der Waals surface area contributed by atoms with Crippen molar-refractivity contribution in [2.24, 2.45) is 0 Å². The van der Waals surface area contributed by atoms with E-state index >= 15 is 0 Å². The highest BCUT2D eigenvalue weighted by Gasteiger charge is 2.31. The predicted molar refractivity (Wildman–Crippen MR) is 109 cm³/mol. The zero-order chi connectivity index (χ0) is 19.6. The van der Waals surface area contributed by atoms with Gasteiger partial charge in [0, 0.05) is 23.5 Å². The number of anilines is 2. The fourth-order valence-electron chi connectivity index (χ4n) is 2.94. The van der Waals surface area contributed by atoms with Crippen molar-refractivity contribution < 1.29 is 17.9 Å². The normalized spacial score (nSPS) is 16.9. The highest BCUT2D eigenvalue weighted by molar-refractivity contribution is 7.98. The second kappa shape index (κ2) is 7.82. The van der Waals surface area contributed by atoms with E-state index in [1.807, 2.05) is 43.5 Å². The number of carbonyl (C=O) groups excluding carboxylic acids is 1. The Balaban J connectivity index is 1.86. The lowest BCUT2D eigenvalue weighted by atomic mass is 10.2. The minimum Gasteiger partial charge on any atom is -0.478 e. The second-order valence-corrected chi connectivity index (χ2v) is 9.21. The number of nitrogens with one attached hydrogen (secondary N) is 1. The molecule has 2 aromatic rings. The van der Waals surface area contributed by atoms with Crippen molar-refractivity contribution in [3.63, 3.8) is 0 Å². The number of hydrogen-bond acceptors (Lipinski definition) is 5. The van der Waals surface area contributed by atoms with Gasteiger partial charge >= 0.3 is 0 Å². The Morgan fingerprint density at radius 1 is 1.26 bits per heavy atom. The van der Waals surface area contributed by atoms with Crippen LogP contribution in [-0.2, 0) is 14.8 Å². The number of benzene rings is 2. The first-order chi connectivity index (χ1) is 12.8. The van der Waals surface area contributed by atoms with E-state index in [9.17, 15) is 13.2 Å². The fourth-order valence-corrected chi connectivity index (χ4v) is 4.34. The van der Waals surface area contributed by atoms with Crippen LogP contribution in [-0.4, -0.2) is 39.5 Å². The molecule has 0 fully saturated rings.